The van der Waals surface area contributed by atoms with Crippen molar-refractivity contribution in [3.05, 3.63) is 48.2 Å². The Kier molecular flexibility index (Phi) is 4.07. The van der Waals surface area contributed by atoms with Crippen LogP contribution >= 0.6 is 0 Å². The van der Waals surface area contributed by atoms with Crippen molar-refractivity contribution in [2.24, 2.45) is 0 Å². The highest BCUT2D eigenvalue weighted by atomic mass is 16.5. The van der Waals surface area contributed by atoms with Gasteiger partial charge in [-0.25, -0.2) is 19.7 Å². The smallest absolute Gasteiger partial charge is 0.350 e. The SMILES string of the molecule is CCOc1ccc(C(=O)N2C(=O)N(C)N(C)c3ncccc32)cc1. The summed E-state index contributed by atoms with van der Waals surface area (Å²) in [4.78, 5) is 30.9. The Morgan fingerprint density at radius 2 is 1.83 bits per heavy atom. The molecule has 0 spiro atoms. The molecule has 24 heavy (non-hydrogen) atoms. The third kappa shape index (κ3) is 2.54. The number of pyridine rings is 1. The molecule has 3 amide bonds. The molecular weight excluding hydrogens is 308 g/mol. The van der Waals surface area contributed by atoms with Crippen LogP contribution < -0.4 is 14.6 Å². The first kappa shape index (κ1) is 15.8. The molecule has 1 aliphatic rings. The lowest BCUT2D eigenvalue weighted by Crippen LogP contribution is -2.55. The van der Waals surface area contributed by atoms with E-state index in [9.17, 15) is 9.59 Å². The molecule has 0 bridgehead atoms. The molecule has 0 saturated heterocycles. The Labute approximate surface area is 140 Å². The number of hydrazine groups is 1. The Bertz CT molecular complexity index is 776. The predicted octanol–water partition coefficient (Wildman–Crippen LogP) is 2.54. The predicted molar refractivity (Wildman–Crippen MR) is 90.2 cm³/mol. The third-order valence-electron chi connectivity index (χ3n) is 3.85. The quantitative estimate of drug-likeness (QED) is 0.867. The zero-order chi connectivity index (χ0) is 17.3. The lowest BCUT2D eigenvalue weighted by molar-refractivity contribution is 0.0984. The molecule has 2 heterocycles. The van der Waals surface area contributed by atoms with Gasteiger partial charge in [-0.05, 0) is 43.3 Å². The topological polar surface area (TPSA) is 66.0 Å². The maximum atomic E-state index is 12.9. The van der Waals surface area contributed by atoms with E-state index in [0.29, 0.717) is 29.4 Å². The first-order chi connectivity index (χ1) is 11.5. The van der Waals surface area contributed by atoms with Crippen LogP contribution in [0.5, 0.6) is 5.75 Å². The van der Waals surface area contributed by atoms with E-state index < -0.39 is 11.9 Å². The number of rotatable bonds is 3. The number of hydrogen-bond acceptors (Lipinski definition) is 5. The number of anilines is 2. The third-order valence-corrected chi connectivity index (χ3v) is 3.85. The molecule has 1 aromatic carbocycles. The minimum Gasteiger partial charge on any atom is -0.494 e. The van der Waals surface area contributed by atoms with Gasteiger partial charge in [0, 0.05) is 25.9 Å². The second-order valence-electron chi connectivity index (χ2n) is 5.27. The summed E-state index contributed by atoms with van der Waals surface area (Å²) in [5, 5.41) is 2.96. The number of carbonyl (C=O) groups excluding carboxylic acids is 2. The van der Waals surface area contributed by atoms with Gasteiger partial charge in [-0.3, -0.25) is 9.80 Å². The molecule has 0 saturated carbocycles. The van der Waals surface area contributed by atoms with E-state index in [4.69, 9.17) is 4.74 Å². The number of hydrogen-bond donors (Lipinski definition) is 0. The van der Waals surface area contributed by atoms with Gasteiger partial charge in [-0.15, -0.1) is 0 Å². The summed E-state index contributed by atoms with van der Waals surface area (Å²) in [5.41, 5.74) is 0.863. The number of benzene rings is 1. The first-order valence-corrected chi connectivity index (χ1v) is 7.58. The zero-order valence-corrected chi connectivity index (χ0v) is 13.8. The Hall–Kier alpha value is -3.09. The van der Waals surface area contributed by atoms with Gasteiger partial charge in [-0.2, -0.15) is 0 Å². The van der Waals surface area contributed by atoms with E-state index in [1.807, 2.05) is 6.92 Å². The van der Waals surface area contributed by atoms with Gasteiger partial charge in [0.15, 0.2) is 5.82 Å². The number of fused-ring (bicyclic) bond motifs is 1. The molecular formula is C17H18N4O3. The summed E-state index contributed by atoms with van der Waals surface area (Å²) < 4.78 is 5.38. The van der Waals surface area contributed by atoms with Crippen LogP contribution in [0.15, 0.2) is 42.6 Å². The highest BCUT2D eigenvalue weighted by Crippen LogP contribution is 2.33. The van der Waals surface area contributed by atoms with E-state index >= 15 is 0 Å². The molecule has 0 aliphatic carbocycles. The van der Waals surface area contributed by atoms with Gasteiger partial charge in [0.05, 0.1) is 12.3 Å². The molecule has 1 aliphatic heterocycles. The largest absolute Gasteiger partial charge is 0.494 e. The van der Waals surface area contributed by atoms with Crippen LogP contribution in [0.4, 0.5) is 16.3 Å². The second kappa shape index (κ2) is 6.19. The van der Waals surface area contributed by atoms with Crippen LogP contribution in [0.25, 0.3) is 0 Å². The van der Waals surface area contributed by atoms with Crippen LogP contribution in [0.3, 0.4) is 0 Å². The highest BCUT2D eigenvalue weighted by Gasteiger charge is 2.37. The maximum Gasteiger partial charge on any atom is 0.350 e. The standard InChI is InChI=1S/C17H18N4O3/c1-4-24-13-9-7-12(8-10-13)16(22)21-14-6-5-11-18-15(14)19(2)20(3)17(21)23/h5-11H,4H2,1-3H3. The van der Waals surface area contributed by atoms with Gasteiger partial charge in [-0.1, -0.05) is 0 Å². The fourth-order valence-electron chi connectivity index (χ4n) is 2.52. The minimum absolute atomic E-state index is 0.402. The number of amides is 3. The van der Waals surface area contributed by atoms with Crippen molar-refractivity contribution in [3.8, 4) is 5.75 Å². The molecule has 0 atom stereocenters. The van der Waals surface area contributed by atoms with Crippen LogP contribution in [-0.4, -0.2) is 42.6 Å². The van der Waals surface area contributed by atoms with E-state index in [1.165, 1.54) is 5.01 Å². The van der Waals surface area contributed by atoms with E-state index in [2.05, 4.69) is 4.98 Å². The van der Waals surface area contributed by atoms with Crippen molar-refractivity contribution in [2.45, 2.75) is 6.92 Å². The van der Waals surface area contributed by atoms with Gasteiger partial charge in [0.1, 0.15) is 5.75 Å². The van der Waals surface area contributed by atoms with Crippen molar-refractivity contribution < 1.29 is 14.3 Å². The molecule has 0 radical (unpaired) electrons. The summed E-state index contributed by atoms with van der Waals surface area (Å²) in [7, 11) is 3.32. The second-order valence-corrected chi connectivity index (χ2v) is 5.27. The fourth-order valence-corrected chi connectivity index (χ4v) is 2.52. The molecule has 7 heteroatoms. The molecule has 2 aromatic rings. The molecule has 0 fully saturated rings. The monoisotopic (exact) mass is 326 g/mol. The van der Waals surface area contributed by atoms with Crippen molar-refractivity contribution in [1.29, 1.82) is 0 Å². The number of ether oxygens (including phenoxy) is 1. The van der Waals surface area contributed by atoms with Gasteiger partial charge in [0.25, 0.3) is 5.91 Å². The average Bonchev–Trinajstić information content (AvgIpc) is 2.61. The number of urea groups is 1. The van der Waals surface area contributed by atoms with Crippen molar-refractivity contribution in [2.75, 3.05) is 30.6 Å². The van der Waals surface area contributed by atoms with Crippen LogP contribution in [0.1, 0.15) is 17.3 Å². The summed E-state index contributed by atoms with van der Waals surface area (Å²) in [5.74, 6) is 0.814. The maximum absolute atomic E-state index is 12.9. The molecule has 124 valence electrons. The van der Waals surface area contributed by atoms with Crippen LogP contribution in [-0.2, 0) is 0 Å². The molecule has 3 rings (SSSR count). The summed E-state index contributed by atoms with van der Waals surface area (Å²) in [6.07, 6.45) is 1.62. The molecule has 7 nitrogen and oxygen atoms in total. The Morgan fingerprint density at radius 1 is 1.12 bits per heavy atom. The van der Waals surface area contributed by atoms with Crippen LogP contribution in [0, 0.1) is 0 Å². The molecule has 0 unspecified atom stereocenters. The molecule has 1 aromatic heterocycles. The number of carbonyl (C=O) groups is 2. The van der Waals surface area contributed by atoms with Crippen LogP contribution in [0.2, 0.25) is 0 Å². The normalized spacial score (nSPS) is 13.8. The lowest BCUT2D eigenvalue weighted by Gasteiger charge is -2.39. The number of imide groups is 1. The summed E-state index contributed by atoms with van der Waals surface area (Å²) in [6.45, 7) is 2.44. The van der Waals surface area contributed by atoms with E-state index in [0.717, 1.165) is 4.90 Å². The lowest BCUT2D eigenvalue weighted by atomic mass is 10.1. The summed E-state index contributed by atoms with van der Waals surface area (Å²) >= 11 is 0. The van der Waals surface area contributed by atoms with E-state index in [-0.39, 0.29) is 0 Å². The first-order valence-electron chi connectivity index (χ1n) is 7.58. The highest BCUT2D eigenvalue weighted by molar-refractivity contribution is 6.23. The number of aromatic nitrogens is 1. The molecule has 0 N–H and O–H groups in total. The number of nitrogens with zero attached hydrogens (tertiary/aromatic N) is 4. The van der Waals surface area contributed by atoms with Crippen molar-refractivity contribution in [1.82, 2.24) is 9.99 Å². The minimum atomic E-state index is -0.433. The van der Waals surface area contributed by atoms with Gasteiger partial charge in [0.2, 0.25) is 0 Å². The average molecular weight is 326 g/mol. The Morgan fingerprint density at radius 3 is 2.50 bits per heavy atom. The van der Waals surface area contributed by atoms with Gasteiger partial charge >= 0.3 is 6.03 Å². The van der Waals surface area contributed by atoms with Crippen molar-refractivity contribution >= 4 is 23.4 Å². The van der Waals surface area contributed by atoms with Crippen molar-refractivity contribution in [3.63, 3.8) is 0 Å². The Balaban J connectivity index is 1.99. The summed E-state index contributed by atoms with van der Waals surface area (Å²) in [6, 6.07) is 9.69. The zero-order valence-electron chi connectivity index (χ0n) is 13.8. The van der Waals surface area contributed by atoms with E-state index in [1.54, 1.807) is 61.7 Å². The van der Waals surface area contributed by atoms with Gasteiger partial charge < -0.3 is 4.74 Å². The fraction of sp³-hybridized carbons (Fsp3) is 0.235.